The summed E-state index contributed by atoms with van der Waals surface area (Å²) in [5.41, 5.74) is 2.57. The Hall–Kier alpha value is -2.34. The zero-order valence-corrected chi connectivity index (χ0v) is 18.5. The molecule has 1 saturated heterocycles. The number of nitrogens with zero attached hydrogens (tertiary/aromatic N) is 4. The first-order valence-corrected chi connectivity index (χ1v) is 10.6. The number of likely N-dealkylation sites (tertiary alicyclic amines) is 1. The highest BCUT2D eigenvalue weighted by atomic mass is 15.3. The van der Waals surface area contributed by atoms with Crippen LogP contribution in [0.2, 0.25) is 0 Å². The number of aliphatic imine (C=N–C) groups is 1. The summed E-state index contributed by atoms with van der Waals surface area (Å²) >= 11 is 0. The summed E-state index contributed by atoms with van der Waals surface area (Å²) < 4.78 is 1.88. The Morgan fingerprint density at radius 3 is 2.72 bits per heavy atom. The molecule has 2 unspecified atom stereocenters. The maximum Gasteiger partial charge on any atom is 0.193 e. The molecule has 0 bridgehead atoms. The fourth-order valence-corrected chi connectivity index (χ4v) is 4.20. The second kappa shape index (κ2) is 9.44. The van der Waals surface area contributed by atoms with Gasteiger partial charge in [-0.1, -0.05) is 30.3 Å². The topological polar surface area (TPSA) is 57.5 Å². The largest absolute Gasteiger partial charge is 0.354 e. The second-order valence-electron chi connectivity index (χ2n) is 8.89. The van der Waals surface area contributed by atoms with Gasteiger partial charge in [0.15, 0.2) is 5.96 Å². The Bertz CT molecular complexity index is 795. The van der Waals surface area contributed by atoms with E-state index in [1.807, 2.05) is 25.0 Å². The van der Waals surface area contributed by atoms with Crippen molar-refractivity contribution in [2.24, 2.45) is 18.0 Å². The lowest BCUT2D eigenvalue weighted by atomic mass is 10.0. The average molecular weight is 397 g/mol. The minimum absolute atomic E-state index is 0.0555. The van der Waals surface area contributed by atoms with Gasteiger partial charge in [0.1, 0.15) is 0 Å². The van der Waals surface area contributed by atoms with E-state index in [0.717, 1.165) is 32.0 Å². The maximum atomic E-state index is 4.54. The molecule has 1 aromatic carbocycles. The molecule has 3 rings (SSSR count). The first kappa shape index (κ1) is 21.4. The molecule has 2 aromatic rings. The van der Waals surface area contributed by atoms with E-state index in [2.05, 4.69) is 82.9 Å². The second-order valence-corrected chi connectivity index (χ2v) is 8.89. The van der Waals surface area contributed by atoms with Crippen molar-refractivity contribution in [3.8, 4) is 0 Å². The number of hydrogen-bond acceptors (Lipinski definition) is 3. The number of benzene rings is 1. The molecule has 158 valence electrons. The molecule has 0 spiro atoms. The normalized spacial score (nSPS) is 18.9. The molecule has 2 N–H and O–H groups in total. The molecule has 6 heteroatoms. The predicted molar refractivity (Wildman–Crippen MR) is 120 cm³/mol. The zero-order chi connectivity index (χ0) is 20.9. The van der Waals surface area contributed by atoms with Gasteiger partial charge >= 0.3 is 0 Å². The smallest absolute Gasteiger partial charge is 0.193 e. The van der Waals surface area contributed by atoms with E-state index in [0.29, 0.717) is 12.0 Å². The fourth-order valence-electron chi connectivity index (χ4n) is 4.20. The summed E-state index contributed by atoms with van der Waals surface area (Å²) in [7, 11) is 3.86. The van der Waals surface area contributed by atoms with E-state index >= 15 is 0 Å². The fraction of sp³-hybridized carbons (Fsp3) is 0.565. The third-order valence-electron chi connectivity index (χ3n) is 5.68. The van der Waals surface area contributed by atoms with Gasteiger partial charge in [-0.3, -0.25) is 9.67 Å². The minimum Gasteiger partial charge on any atom is -0.354 e. The molecule has 1 aliphatic heterocycles. The Labute approximate surface area is 175 Å². The van der Waals surface area contributed by atoms with E-state index < -0.39 is 0 Å². The molecular weight excluding hydrogens is 360 g/mol. The van der Waals surface area contributed by atoms with Crippen molar-refractivity contribution in [1.29, 1.82) is 0 Å². The highest BCUT2D eigenvalue weighted by Crippen LogP contribution is 2.21. The van der Waals surface area contributed by atoms with Crippen molar-refractivity contribution in [3.63, 3.8) is 0 Å². The van der Waals surface area contributed by atoms with Crippen LogP contribution in [0.1, 0.15) is 44.4 Å². The van der Waals surface area contributed by atoms with E-state index in [4.69, 9.17) is 0 Å². The molecule has 0 amide bonds. The van der Waals surface area contributed by atoms with Crippen LogP contribution in [-0.2, 0) is 13.5 Å². The van der Waals surface area contributed by atoms with Crippen molar-refractivity contribution in [3.05, 3.63) is 53.9 Å². The molecule has 1 aliphatic rings. The Morgan fingerprint density at radius 2 is 2.07 bits per heavy atom. The first-order chi connectivity index (χ1) is 13.9. The minimum atomic E-state index is -0.0555. The van der Waals surface area contributed by atoms with Crippen LogP contribution in [0.5, 0.6) is 0 Å². The Kier molecular flexibility index (Phi) is 6.96. The van der Waals surface area contributed by atoms with Crippen LogP contribution in [-0.4, -0.2) is 52.9 Å². The Balaban J connectivity index is 1.49. The molecule has 1 aromatic heterocycles. The lowest BCUT2D eigenvalue weighted by molar-refractivity contribution is 0.339. The van der Waals surface area contributed by atoms with Crippen LogP contribution < -0.4 is 10.6 Å². The molecule has 29 heavy (non-hydrogen) atoms. The number of aryl methyl sites for hydroxylation is 1. The highest BCUT2D eigenvalue weighted by Gasteiger charge is 2.27. The van der Waals surface area contributed by atoms with Crippen LogP contribution >= 0.6 is 0 Å². The molecule has 6 nitrogen and oxygen atoms in total. The van der Waals surface area contributed by atoms with Gasteiger partial charge in [-0.15, -0.1) is 0 Å². The molecule has 1 fully saturated rings. The molecule has 2 heterocycles. The van der Waals surface area contributed by atoms with Crippen molar-refractivity contribution >= 4 is 5.96 Å². The molecule has 2 atom stereocenters. The van der Waals surface area contributed by atoms with Crippen LogP contribution in [0.3, 0.4) is 0 Å². The maximum absolute atomic E-state index is 4.54. The van der Waals surface area contributed by atoms with Gasteiger partial charge < -0.3 is 15.5 Å². The van der Waals surface area contributed by atoms with E-state index in [9.17, 15) is 0 Å². The van der Waals surface area contributed by atoms with Crippen LogP contribution in [0.4, 0.5) is 0 Å². The number of aromatic nitrogens is 2. The van der Waals surface area contributed by atoms with Crippen LogP contribution in [0, 0.1) is 5.92 Å². The van der Waals surface area contributed by atoms with Crippen LogP contribution in [0.15, 0.2) is 47.7 Å². The standard InChI is InChI=1S/C23H36N6/c1-18(21-9-7-6-8-10-21)27-23(2,3)17-25-22(24-4)29-12-11-19(16-29)13-20-14-26-28(5)15-20/h6-10,14-15,18-19,27H,11-13,16-17H2,1-5H3,(H,24,25). The summed E-state index contributed by atoms with van der Waals surface area (Å²) in [4.78, 5) is 6.93. The quantitative estimate of drug-likeness (QED) is 0.558. The van der Waals surface area contributed by atoms with Gasteiger partial charge in [0.25, 0.3) is 0 Å². The number of guanidine groups is 1. The van der Waals surface area contributed by atoms with Gasteiger partial charge in [0.2, 0.25) is 0 Å². The number of hydrogen-bond donors (Lipinski definition) is 2. The Morgan fingerprint density at radius 1 is 1.31 bits per heavy atom. The molecule has 0 radical (unpaired) electrons. The summed E-state index contributed by atoms with van der Waals surface area (Å²) in [5.74, 6) is 1.66. The van der Waals surface area contributed by atoms with Crippen molar-refractivity contribution < 1.29 is 0 Å². The molecule has 0 saturated carbocycles. The van der Waals surface area contributed by atoms with Gasteiger partial charge in [-0.25, -0.2) is 0 Å². The first-order valence-electron chi connectivity index (χ1n) is 10.6. The van der Waals surface area contributed by atoms with Gasteiger partial charge in [0.05, 0.1) is 6.20 Å². The third kappa shape index (κ3) is 6.07. The van der Waals surface area contributed by atoms with Crippen molar-refractivity contribution in [2.45, 2.75) is 45.2 Å². The van der Waals surface area contributed by atoms with Crippen LogP contribution in [0.25, 0.3) is 0 Å². The molecular formula is C23H36N6. The number of rotatable bonds is 7. The van der Waals surface area contributed by atoms with E-state index in [1.54, 1.807) is 0 Å². The zero-order valence-electron chi connectivity index (χ0n) is 18.5. The van der Waals surface area contributed by atoms with E-state index in [1.165, 1.54) is 17.5 Å². The summed E-state index contributed by atoms with van der Waals surface area (Å²) in [5, 5.41) is 11.6. The summed E-state index contributed by atoms with van der Waals surface area (Å²) in [6, 6.07) is 10.9. The average Bonchev–Trinajstić information content (AvgIpc) is 3.32. The van der Waals surface area contributed by atoms with E-state index in [-0.39, 0.29) is 5.54 Å². The summed E-state index contributed by atoms with van der Waals surface area (Å²) in [6.45, 7) is 9.61. The van der Waals surface area contributed by atoms with Gasteiger partial charge in [-0.05, 0) is 50.7 Å². The molecule has 0 aliphatic carbocycles. The number of nitrogens with one attached hydrogen (secondary N) is 2. The lowest BCUT2D eigenvalue weighted by Gasteiger charge is -2.32. The highest BCUT2D eigenvalue weighted by molar-refractivity contribution is 5.80. The van der Waals surface area contributed by atoms with Gasteiger partial charge in [0, 0.05) is 51.5 Å². The summed E-state index contributed by atoms with van der Waals surface area (Å²) in [6.07, 6.45) is 6.39. The van der Waals surface area contributed by atoms with Crippen molar-refractivity contribution in [1.82, 2.24) is 25.3 Å². The predicted octanol–water partition coefficient (Wildman–Crippen LogP) is 2.99. The third-order valence-corrected chi connectivity index (χ3v) is 5.68. The lowest BCUT2D eigenvalue weighted by Crippen LogP contribution is -2.52. The van der Waals surface area contributed by atoms with Crippen molar-refractivity contribution in [2.75, 3.05) is 26.7 Å². The SMILES string of the molecule is CN=C(NCC(C)(C)NC(C)c1ccccc1)N1CCC(Cc2cnn(C)c2)C1. The van der Waals surface area contributed by atoms with Gasteiger partial charge in [-0.2, -0.15) is 5.10 Å². The monoisotopic (exact) mass is 396 g/mol.